The number of amides is 1. The van der Waals surface area contributed by atoms with Crippen molar-refractivity contribution in [2.45, 2.75) is 31.8 Å². The van der Waals surface area contributed by atoms with E-state index in [-0.39, 0.29) is 15.9 Å². The number of carbonyl (C=O) groups is 1. The zero-order chi connectivity index (χ0) is 21.6. The van der Waals surface area contributed by atoms with Gasteiger partial charge >= 0.3 is 0 Å². The van der Waals surface area contributed by atoms with Gasteiger partial charge in [0, 0.05) is 18.0 Å². The Hall–Kier alpha value is -2.91. The minimum absolute atomic E-state index is 0.125. The number of fused-ring (bicyclic) bond motifs is 1. The van der Waals surface area contributed by atoms with Crippen molar-refractivity contribution in [2.24, 2.45) is 0 Å². The first-order valence-electron chi connectivity index (χ1n) is 9.30. The molecule has 1 aromatic heterocycles. The van der Waals surface area contributed by atoms with Crippen molar-refractivity contribution in [3.8, 4) is 17.0 Å². The molecule has 156 valence electrons. The van der Waals surface area contributed by atoms with E-state index < -0.39 is 16.1 Å². The molecule has 0 radical (unpaired) electrons. The molecule has 1 unspecified atom stereocenters. The number of aryl methyl sites for hydroxylation is 2. The highest BCUT2D eigenvalue weighted by molar-refractivity contribution is 7.93. The first kappa shape index (κ1) is 20.4. The number of hydrogen-bond donors (Lipinski definition) is 1. The van der Waals surface area contributed by atoms with Gasteiger partial charge < -0.3 is 9.64 Å². The van der Waals surface area contributed by atoms with E-state index in [1.54, 1.807) is 49.4 Å². The van der Waals surface area contributed by atoms with Crippen LogP contribution < -0.4 is 14.4 Å². The second-order valence-electron chi connectivity index (χ2n) is 7.25. The van der Waals surface area contributed by atoms with E-state index in [2.05, 4.69) is 9.71 Å². The predicted molar refractivity (Wildman–Crippen MR) is 118 cm³/mol. The van der Waals surface area contributed by atoms with E-state index in [0.717, 1.165) is 11.1 Å². The quantitative estimate of drug-likeness (QED) is 0.659. The normalized spacial score (nSPS) is 16.2. The van der Waals surface area contributed by atoms with Gasteiger partial charge in [0.25, 0.3) is 15.9 Å². The maximum Gasteiger partial charge on any atom is 0.267 e. The number of sulfonamides is 1. The van der Waals surface area contributed by atoms with Gasteiger partial charge in [0.15, 0.2) is 11.2 Å². The van der Waals surface area contributed by atoms with Crippen LogP contribution in [0.25, 0.3) is 11.3 Å². The Morgan fingerprint density at radius 2 is 1.93 bits per heavy atom. The van der Waals surface area contributed by atoms with Gasteiger partial charge in [-0.2, -0.15) is 0 Å². The topological polar surface area (TPSA) is 88.6 Å². The van der Waals surface area contributed by atoms with Gasteiger partial charge in [0.05, 0.1) is 16.3 Å². The Morgan fingerprint density at radius 3 is 2.67 bits per heavy atom. The number of aromatic nitrogens is 1. The number of thiazole rings is 1. The Labute approximate surface area is 179 Å². The molecule has 0 spiro atoms. The molecule has 30 heavy (non-hydrogen) atoms. The number of carbonyl (C=O) groups excluding carboxylic acids is 1. The van der Waals surface area contributed by atoms with Crippen LogP contribution in [-0.2, 0) is 14.8 Å². The number of anilines is 2. The van der Waals surface area contributed by atoms with Gasteiger partial charge in [0.2, 0.25) is 0 Å². The summed E-state index contributed by atoms with van der Waals surface area (Å²) in [4.78, 5) is 18.4. The zero-order valence-electron chi connectivity index (χ0n) is 17.0. The van der Waals surface area contributed by atoms with Gasteiger partial charge in [-0.25, -0.2) is 13.4 Å². The molecule has 1 aliphatic rings. The van der Waals surface area contributed by atoms with Crippen LogP contribution in [0.3, 0.4) is 0 Å². The lowest BCUT2D eigenvalue weighted by Gasteiger charge is -2.30. The third-order valence-corrected chi connectivity index (χ3v) is 7.33. The number of likely N-dealkylation sites (N-methyl/N-ethyl adjacent to an activating group) is 1. The summed E-state index contributed by atoms with van der Waals surface area (Å²) in [6.07, 6.45) is -0.529. The maximum atomic E-state index is 12.8. The summed E-state index contributed by atoms with van der Waals surface area (Å²) in [7, 11) is -2.04. The number of nitrogens with zero attached hydrogens (tertiary/aromatic N) is 2. The number of benzene rings is 2. The minimum Gasteiger partial charge on any atom is -0.479 e. The maximum absolute atomic E-state index is 12.8. The second-order valence-corrected chi connectivity index (χ2v) is 9.76. The number of rotatable bonds is 4. The second kappa shape index (κ2) is 7.41. The summed E-state index contributed by atoms with van der Waals surface area (Å²) in [6, 6.07) is 10.6. The Morgan fingerprint density at radius 1 is 1.17 bits per heavy atom. The molecule has 9 heteroatoms. The molecule has 0 bridgehead atoms. The summed E-state index contributed by atoms with van der Waals surface area (Å²) in [6.45, 7) is 5.39. The summed E-state index contributed by atoms with van der Waals surface area (Å²) in [5.74, 6) is 0.499. The first-order chi connectivity index (χ1) is 14.2. The molecule has 0 aliphatic carbocycles. The van der Waals surface area contributed by atoms with Crippen LogP contribution in [-0.4, -0.2) is 32.5 Å². The molecule has 0 saturated carbocycles. The van der Waals surface area contributed by atoms with E-state index in [1.165, 1.54) is 11.3 Å². The van der Waals surface area contributed by atoms with Crippen LogP contribution in [0.15, 0.2) is 46.7 Å². The molecular formula is C21H21N3O4S2. The molecule has 0 fully saturated rings. The van der Waals surface area contributed by atoms with Gasteiger partial charge in [-0.3, -0.25) is 9.52 Å². The van der Waals surface area contributed by atoms with E-state index in [4.69, 9.17) is 4.74 Å². The number of hydrogen-bond acceptors (Lipinski definition) is 6. The lowest BCUT2D eigenvalue weighted by atomic mass is 10.1. The summed E-state index contributed by atoms with van der Waals surface area (Å²) < 4.78 is 33.8. The van der Waals surface area contributed by atoms with Gasteiger partial charge in [-0.15, -0.1) is 11.3 Å². The molecule has 1 aliphatic heterocycles. The number of nitrogens with one attached hydrogen (secondary N) is 1. The summed E-state index contributed by atoms with van der Waals surface area (Å²) in [5.41, 5.74) is 3.70. The molecular weight excluding hydrogens is 422 g/mol. The summed E-state index contributed by atoms with van der Waals surface area (Å²) >= 11 is 1.20. The van der Waals surface area contributed by atoms with Crippen LogP contribution >= 0.6 is 11.3 Å². The highest BCUT2D eigenvalue weighted by Gasteiger charge is 2.29. The van der Waals surface area contributed by atoms with Gasteiger partial charge in [-0.1, -0.05) is 17.7 Å². The van der Waals surface area contributed by atoms with Crippen LogP contribution in [0.4, 0.5) is 10.8 Å². The van der Waals surface area contributed by atoms with E-state index in [0.29, 0.717) is 22.7 Å². The van der Waals surface area contributed by atoms with Crippen molar-refractivity contribution in [1.82, 2.24) is 4.98 Å². The molecule has 1 atom stereocenters. The third-order valence-electron chi connectivity index (χ3n) is 4.94. The SMILES string of the molecule is Cc1ccc(S(=O)(=O)Nc2nc(-c3ccc4c(c3)N(C)C(=O)C(C)O4)cs2)c(C)c1. The largest absolute Gasteiger partial charge is 0.479 e. The predicted octanol–water partition coefficient (Wildman–Crippen LogP) is 3.97. The van der Waals surface area contributed by atoms with Gasteiger partial charge in [0.1, 0.15) is 5.75 Å². The average Bonchev–Trinajstić information content (AvgIpc) is 3.13. The van der Waals surface area contributed by atoms with Crippen LogP contribution in [0.5, 0.6) is 5.75 Å². The lowest BCUT2D eigenvalue weighted by Crippen LogP contribution is -2.41. The highest BCUT2D eigenvalue weighted by atomic mass is 32.2. The minimum atomic E-state index is -3.74. The first-order valence-corrected chi connectivity index (χ1v) is 11.7. The van der Waals surface area contributed by atoms with Crippen molar-refractivity contribution in [2.75, 3.05) is 16.7 Å². The third kappa shape index (κ3) is 3.66. The number of ether oxygens (including phenoxy) is 1. The Bertz CT molecular complexity index is 1250. The zero-order valence-corrected chi connectivity index (χ0v) is 18.6. The molecule has 1 amide bonds. The van der Waals surface area contributed by atoms with E-state index >= 15 is 0 Å². The van der Waals surface area contributed by atoms with Crippen molar-refractivity contribution in [3.05, 3.63) is 52.9 Å². The average molecular weight is 444 g/mol. The van der Waals surface area contributed by atoms with Crippen LogP contribution in [0.2, 0.25) is 0 Å². The fourth-order valence-electron chi connectivity index (χ4n) is 3.39. The monoisotopic (exact) mass is 443 g/mol. The van der Waals surface area contributed by atoms with E-state index in [1.807, 2.05) is 25.1 Å². The molecule has 0 saturated heterocycles. The Balaban J connectivity index is 1.61. The standard InChI is InChI=1S/C21H21N3O4S2/c1-12-5-8-19(13(2)9-12)30(26,27)23-21-22-16(11-29-21)15-6-7-18-17(10-15)24(4)20(25)14(3)28-18/h5-11,14H,1-4H3,(H,22,23). The van der Waals surface area contributed by atoms with Crippen molar-refractivity contribution >= 4 is 38.1 Å². The fourth-order valence-corrected chi connectivity index (χ4v) is 5.59. The molecule has 3 aromatic rings. The van der Waals surface area contributed by atoms with Crippen molar-refractivity contribution < 1.29 is 17.9 Å². The fraction of sp³-hybridized carbons (Fsp3) is 0.238. The van der Waals surface area contributed by atoms with Crippen molar-refractivity contribution in [1.29, 1.82) is 0 Å². The van der Waals surface area contributed by atoms with Crippen LogP contribution in [0.1, 0.15) is 18.1 Å². The van der Waals surface area contributed by atoms with Crippen molar-refractivity contribution in [3.63, 3.8) is 0 Å². The lowest BCUT2D eigenvalue weighted by molar-refractivity contribution is -0.125. The molecule has 2 heterocycles. The molecule has 7 nitrogen and oxygen atoms in total. The highest BCUT2D eigenvalue weighted by Crippen LogP contribution is 2.37. The molecule has 2 aromatic carbocycles. The molecule has 1 N–H and O–H groups in total. The smallest absolute Gasteiger partial charge is 0.267 e. The molecule has 4 rings (SSSR count). The Kier molecular flexibility index (Phi) is 5.03. The summed E-state index contributed by atoms with van der Waals surface area (Å²) in [5, 5.41) is 2.05. The van der Waals surface area contributed by atoms with Crippen LogP contribution in [0, 0.1) is 13.8 Å². The van der Waals surface area contributed by atoms with E-state index in [9.17, 15) is 13.2 Å². The van der Waals surface area contributed by atoms with Gasteiger partial charge in [-0.05, 0) is 50.6 Å².